The Labute approximate surface area is 133 Å². The van der Waals surface area contributed by atoms with E-state index in [1.54, 1.807) is 0 Å². The van der Waals surface area contributed by atoms with Crippen molar-refractivity contribution in [3.05, 3.63) is 59.5 Å². The molecule has 0 bridgehead atoms. The number of halogens is 4. The molecule has 2 N–H and O–H groups in total. The number of nitrogens with one attached hydrogen (secondary N) is 1. The van der Waals surface area contributed by atoms with E-state index in [4.69, 9.17) is 5.11 Å². The molecule has 0 amide bonds. The number of H-pyrrole nitrogens is 1. The summed E-state index contributed by atoms with van der Waals surface area (Å²) in [6, 6.07) is 7.21. The summed E-state index contributed by atoms with van der Waals surface area (Å²) in [7, 11) is 0. The molecule has 3 nitrogen and oxygen atoms in total. The van der Waals surface area contributed by atoms with Gasteiger partial charge in [0.2, 0.25) is 0 Å². The normalized spacial score (nSPS) is 11.8. The average molecular weight is 337 g/mol. The zero-order valence-corrected chi connectivity index (χ0v) is 12.1. The third kappa shape index (κ3) is 2.97. The molecule has 0 spiro atoms. The Morgan fingerprint density at radius 3 is 2.54 bits per heavy atom. The molecule has 3 aromatic rings. The summed E-state index contributed by atoms with van der Waals surface area (Å²) in [6.07, 6.45) is -3.45. The largest absolute Gasteiger partial charge is 0.481 e. The van der Waals surface area contributed by atoms with Crippen molar-refractivity contribution in [3.8, 4) is 11.1 Å². The molecular weight excluding hydrogens is 326 g/mol. The number of aromatic amines is 1. The minimum atomic E-state index is -4.49. The van der Waals surface area contributed by atoms with Gasteiger partial charge in [0.15, 0.2) is 0 Å². The van der Waals surface area contributed by atoms with Gasteiger partial charge in [-0.25, -0.2) is 4.39 Å². The highest BCUT2D eigenvalue weighted by Crippen LogP contribution is 2.34. The number of carboxylic acid groups (broad SMARTS) is 1. The minimum Gasteiger partial charge on any atom is -0.481 e. The molecule has 0 atom stereocenters. The Bertz CT molecular complexity index is 928. The summed E-state index contributed by atoms with van der Waals surface area (Å²) in [5, 5.41) is 8.96. The van der Waals surface area contributed by atoms with E-state index in [0.717, 1.165) is 18.2 Å². The number of aromatic nitrogens is 1. The van der Waals surface area contributed by atoms with Crippen LogP contribution in [0.25, 0.3) is 22.0 Å². The number of carbonyl (C=O) groups is 1. The van der Waals surface area contributed by atoms with Crippen LogP contribution in [0.5, 0.6) is 0 Å². The van der Waals surface area contributed by atoms with Crippen molar-refractivity contribution in [1.82, 2.24) is 4.98 Å². The Morgan fingerprint density at radius 2 is 1.88 bits per heavy atom. The molecule has 124 valence electrons. The molecule has 0 aliphatic heterocycles. The van der Waals surface area contributed by atoms with E-state index in [2.05, 4.69) is 4.98 Å². The summed E-state index contributed by atoms with van der Waals surface area (Å²) < 4.78 is 52.8. The lowest BCUT2D eigenvalue weighted by Gasteiger charge is -2.09. The Kier molecular flexibility index (Phi) is 3.79. The highest BCUT2D eigenvalue weighted by molar-refractivity contribution is 5.90. The number of rotatable bonds is 3. The predicted molar refractivity (Wildman–Crippen MR) is 80.0 cm³/mol. The quantitative estimate of drug-likeness (QED) is 0.685. The Morgan fingerprint density at radius 1 is 1.12 bits per heavy atom. The van der Waals surface area contributed by atoms with E-state index in [9.17, 15) is 22.4 Å². The summed E-state index contributed by atoms with van der Waals surface area (Å²) >= 11 is 0. The second-order valence-corrected chi connectivity index (χ2v) is 5.34. The standard InChI is InChI=1S/C17H11F4NO2/c18-13-5-10(9-2-1-3-12(4-9)17(19,20)21)6-14-16(13)11(8-22-14)7-15(23)24/h1-6,8,22H,7H2,(H,23,24). The van der Waals surface area contributed by atoms with Crippen LogP contribution >= 0.6 is 0 Å². The molecule has 1 aromatic heterocycles. The van der Waals surface area contributed by atoms with Gasteiger partial charge in [-0.2, -0.15) is 13.2 Å². The molecule has 0 aliphatic rings. The number of alkyl halides is 3. The third-order valence-electron chi connectivity index (χ3n) is 3.68. The molecular formula is C17H11F4NO2. The SMILES string of the molecule is O=C(O)Cc1c[nH]c2cc(-c3cccc(C(F)(F)F)c3)cc(F)c12. The number of carboxylic acids is 1. The van der Waals surface area contributed by atoms with Crippen molar-refractivity contribution < 1.29 is 27.5 Å². The van der Waals surface area contributed by atoms with Gasteiger partial charge in [-0.15, -0.1) is 0 Å². The van der Waals surface area contributed by atoms with Gasteiger partial charge in [0.25, 0.3) is 0 Å². The molecule has 0 fully saturated rings. The number of fused-ring (bicyclic) bond motifs is 1. The Balaban J connectivity index is 2.10. The number of hydrogen-bond donors (Lipinski definition) is 2. The highest BCUT2D eigenvalue weighted by atomic mass is 19.4. The van der Waals surface area contributed by atoms with Crippen LogP contribution in [0.3, 0.4) is 0 Å². The van der Waals surface area contributed by atoms with E-state index in [1.807, 2.05) is 0 Å². The predicted octanol–water partition coefficient (Wildman–Crippen LogP) is 4.62. The van der Waals surface area contributed by atoms with Crippen LogP contribution < -0.4 is 0 Å². The minimum absolute atomic E-state index is 0.133. The monoisotopic (exact) mass is 337 g/mol. The van der Waals surface area contributed by atoms with Crippen LogP contribution in [-0.2, 0) is 17.4 Å². The van der Waals surface area contributed by atoms with Gasteiger partial charge in [0, 0.05) is 17.1 Å². The molecule has 3 rings (SSSR count). The lowest BCUT2D eigenvalue weighted by atomic mass is 10.00. The van der Waals surface area contributed by atoms with E-state index >= 15 is 0 Å². The number of hydrogen-bond acceptors (Lipinski definition) is 1. The van der Waals surface area contributed by atoms with Gasteiger partial charge in [-0.3, -0.25) is 4.79 Å². The van der Waals surface area contributed by atoms with Gasteiger partial charge >= 0.3 is 12.1 Å². The van der Waals surface area contributed by atoms with E-state index < -0.39 is 23.5 Å². The van der Waals surface area contributed by atoms with Crippen LogP contribution in [-0.4, -0.2) is 16.1 Å². The van der Waals surface area contributed by atoms with Crippen LogP contribution in [0, 0.1) is 5.82 Å². The molecule has 7 heteroatoms. The molecule has 0 unspecified atom stereocenters. The first kappa shape index (κ1) is 16.0. The van der Waals surface area contributed by atoms with Crippen LogP contribution in [0.2, 0.25) is 0 Å². The molecule has 1 heterocycles. The maximum absolute atomic E-state index is 14.4. The van der Waals surface area contributed by atoms with Crippen LogP contribution in [0.1, 0.15) is 11.1 Å². The maximum atomic E-state index is 14.4. The lowest BCUT2D eigenvalue weighted by Crippen LogP contribution is -2.04. The summed E-state index contributed by atoms with van der Waals surface area (Å²) in [5.41, 5.74) is 0.289. The first-order valence-electron chi connectivity index (χ1n) is 6.94. The number of aliphatic carboxylic acids is 1. The Hall–Kier alpha value is -2.83. The third-order valence-corrected chi connectivity index (χ3v) is 3.68. The van der Waals surface area contributed by atoms with Crippen molar-refractivity contribution in [3.63, 3.8) is 0 Å². The number of benzene rings is 2. The zero-order valence-electron chi connectivity index (χ0n) is 12.1. The van der Waals surface area contributed by atoms with Gasteiger partial charge in [0.1, 0.15) is 5.82 Å². The summed E-state index contributed by atoms with van der Waals surface area (Å²) in [4.78, 5) is 13.6. The van der Waals surface area contributed by atoms with Gasteiger partial charge in [-0.05, 0) is 41.0 Å². The first-order valence-corrected chi connectivity index (χ1v) is 6.94. The van der Waals surface area contributed by atoms with E-state index in [-0.39, 0.29) is 28.5 Å². The molecule has 2 aromatic carbocycles. The molecule has 24 heavy (non-hydrogen) atoms. The van der Waals surface area contributed by atoms with Crippen molar-refractivity contribution >= 4 is 16.9 Å². The fraction of sp³-hybridized carbons (Fsp3) is 0.118. The topological polar surface area (TPSA) is 53.1 Å². The zero-order chi connectivity index (χ0) is 17.5. The molecule has 0 aliphatic carbocycles. The second kappa shape index (κ2) is 5.67. The van der Waals surface area contributed by atoms with Crippen LogP contribution in [0.15, 0.2) is 42.6 Å². The molecule has 0 saturated heterocycles. The maximum Gasteiger partial charge on any atom is 0.416 e. The fourth-order valence-electron chi connectivity index (χ4n) is 2.63. The van der Waals surface area contributed by atoms with Crippen molar-refractivity contribution in [1.29, 1.82) is 0 Å². The van der Waals surface area contributed by atoms with Gasteiger partial charge in [-0.1, -0.05) is 12.1 Å². The molecule has 0 radical (unpaired) electrons. The van der Waals surface area contributed by atoms with Gasteiger partial charge in [0.05, 0.1) is 12.0 Å². The van der Waals surface area contributed by atoms with Crippen molar-refractivity contribution in [2.75, 3.05) is 0 Å². The van der Waals surface area contributed by atoms with E-state index in [0.29, 0.717) is 5.52 Å². The average Bonchev–Trinajstić information content (AvgIpc) is 2.89. The first-order chi connectivity index (χ1) is 11.3. The van der Waals surface area contributed by atoms with Gasteiger partial charge < -0.3 is 10.1 Å². The molecule has 0 saturated carbocycles. The van der Waals surface area contributed by atoms with E-state index in [1.165, 1.54) is 24.4 Å². The lowest BCUT2D eigenvalue weighted by molar-refractivity contribution is -0.138. The van der Waals surface area contributed by atoms with Crippen LogP contribution in [0.4, 0.5) is 17.6 Å². The highest BCUT2D eigenvalue weighted by Gasteiger charge is 2.30. The van der Waals surface area contributed by atoms with Crippen molar-refractivity contribution in [2.24, 2.45) is 0 Å². The van der Waals surface area contributed by atoms with Crippen molar-refractivity contribution in [2.45, 2.75) is 12.6 Å². The fourth-order valence-corrected chi connectivity index (χ4v) is 2.63. The second-order valence-electron chi connectivity index (χ2n) is 5.34. The summed E-state index contributed by atoms with van der Waals surface area (Å²) in [6.45, 7) is 0. The summed E-state index contributed by atoms with van der Waals surface area (Å²) in [5.74, 6) is -1.78. The smallest absolute Gasteiger partial charge is 0.416 e.